The molecule has 5 heteroatoms. The number of anilines is 1. The van der Waals surface area contributed by atoms with E-state index in [0.717, 1.165) is 30.1 Å². The Kier molecular flexibility index (Phi) is 3.94. The van der Waals surface area contributed by atoms with E-state index in [9.17, 15) is 0 Å². The van der Waals surface area contributed by atoms with E-state index in [1.54, 1.807) is 7.11 Å². The first-order chi connectivity index (χ1) is 9.74. The minimum Gasteiger partial charge on any atom is -0.383 e. The normalized spacial score (nSPS) is 17.2. The summed E-state index contributed by atoms with van der Waals surface area (Å²) in [6.45, 7) is 1.45. The summed E-state index contributed by atoms with van der Waals surface area (Å²) in [4.78, 5) is 0. The van der Waals surface area contributed by atoms with Gasteiger partial charge in [0.05, 0.1) is 25.0 Å². The van der Waals surface area contributed by atoms with Gasteiger partial charge in [-0.25, -0.2) is 0 Å². The first-order valence-corrected chi connectivity index (χ1v) is 7.17. The molecule has 0 aliphatic heterocycles. The number of aromatic nitrogens is 2. The van der Waals surface area contributed by atoms with Crippen molar-refractivity contribution in [2.75, 3.05) is 19.0 Å². The van der Waals surface area contributed by atoms with E-state index in [2.05, 4.69) is 22.5 Å². The van der Waals surface area contributed by atoms with Crippen molar-refractivity contribution in [2.24, 2.45) is 0 Å². The van der Waals surface area contributed by atoms with Gasteiger partial charge in [-0.05, 0) is 36.1 Å². The third kappa shape index (κ3) is 2.97. The number of nitrogens with one attached hydrogen (secondary N) is 1. The van der Waals surface area contributed by atoms with Crippen molar-refractivity contribution in [2.45, 2.75) is 25.4 Å². The van der Waals surface area contributed by atoms with Crippen LogP contribution < -0.4 is 5.32 Å². The third-order valence-corrected chi connectivity index (χ3v) is 3.86. The molecule has 2 aromatic rings. The smallest absolute Gasteiger partial charge is 0.0728 e. The van der Waals surface area contributed by atoms with Gasteiger partial charge in [0.1, 0.15) is 0 Å². The Labute approximate surface area is 123 Å². The Bertz CT molecular complexity index is 597. The maximum absolute atomic E-state index is 6.04. The van der Waals surface area contributed by atoms with Crippen molar-refractivity contribution in [3.05, 3.63) is 46.7 Å². The van der Waals surface area contributed by atoms with E-state index in [1.807, 2.05) is 23.1 Å². The molecular weight excluding hydrogens is 274 g/mol. The molecule has 1 unspecified atom stereocenters. The molecule has 0 spiro atoms. The minimum absolute atomic E-state index is 0.420. The van der Waals surface area contributed by atoms with Crippen molar-refractivity contribution in [1.29, 1.82) is 0 Å². The van der Waals surface area contributed by atoms with Crippen LogP contribution in [0.15, 0.2) is 30.6 Å². The van der Waals surface area contributed by atoms with Gasteiger partial charge >= 0.3 is 0 Å². The number of hydrogen-bond donors (Lipinski definition) is 1. The molecule has 0 bridgehead atoms. The maximum Gasteiger partial charge on any atom is 0.0728 e. The number of nitrogens with zero attached hydrogens (tertiary/aromatic N) is 2. The largest absolute Gasteiger partial charge is 0.383 e. The predicted octanol–water partition coefficient (Wildman–Crippen LogP) is 2.76. The Morgan fingerprint density at radius 3 is 3.10 bits per heavy atom. The molecule has 0 saturated heterocycles. The van der Waals surface area contributed by atoms with Crippen LogP contribution in [-0.4, -0.2) is 29.5 Å². The second kappa shape index (κ2) is 5.85. The number of ether oxygens (including phenoxy) is 1. The molecule has 4 nitrogen and oxygen atoms in total. The van der Waals surface area contributed by atoms with E-state index in [-0.39, 0.29) is 0 Å². The molecule has 106 valence electrons. The molecule has 1 atom stereocenters. The average Bonchev–Trinajstić information content (AvgIpc) is 3.02. The number of hydrogen-bond acceptors (Lipinski definition) is 3. The summed E-state index contributed by atoms with van der Waals surface area (Å²) < 4.78 is 6.94. The molecule has 1 aromatic carbocycles. The Hall–Kier alpha value is -1.52. The Morgan fingerprint density at radius 1 is 1.40 bits per heavy atom. The summed E-state index contributed by atoms with van der Waals surface area (Å²) in [7, 11) is 1.70. The van der Waals surface area contributed by atoms with Crippen molar-refractivity contribution in [3.8, 4) is 0 Å². The molecule has 0 saturated carbocycles. The SMILES string of the molecule is COCCn1cc(NC2Cc3ccc(Cl)cc3C2)cn1. The van der Waals surface area contributed by atoms with E-state index >= 15 is 0 Å². The predicted molar refractivity (Wildman–Crippen MR) is 80.4 cm³/mol. The van der Waals surface area contributed by atoms with Crippen molar-refractivity contribution < 1.29 is 4.74 Å². The van der Waals surface area contributed by atoms with Gasteiger partial charge in [-0.2, -0.15) is 5.10 Å². The zero-order valence-corrected chi connectivity index (χ0v) is 12.2. The van der Waals surface area contributed by atoms with Crippen LogP contribution in [0.25, 0.3) is 0 Å². The van der Waals surface area contributed by atoms with Gasteiger partial charge in [-0.1, -0.05) is 17.7 Å². The first-order valence-electron chi connectivity index (χ1n) is 6.80. The van der Waals surface area contributed by atoms with E-state index < -0.39 is 0 Å². The monoisotopic (exact) mass is 291 g/mol. The van der Waals surface area contributed by atoms with Gasteiger partial charge in [0.2, 0.25) is 0 Å². The van der Waals surface area contributed by atoms with Crippen LogP contribution in [0, 0.1) is 0 Å². The second-order valence-electron chi connectivity index (χ2n) is 5.15. The van der Waals surface area contributed by atoms with Crippen LogP contribution in [0.1, 0.15) is 11.1 Å². The highest BCUT2D eigenvalue weighted by atomic mass is 35.5. The lowest BCUT2D eigenvalue weighted by molar-refractivity contribution is 0.183. The van der Waals surface area contributed by atoms with Crippen LogP contribution >= 0.6 is 11.6 Å². The van der Waals surface area contributed by atoms with Crippen LogP contribution in [0.5, 0.6) is 0 Å². The van der Waals surface area contributed by atoms with Gasteiger partial charge in [0.15, 0.2) is 0 Å². The van der Waals surface area contributed by atoms with Crippen LogP contribution in [0.3, 0.4) is 0 Å². The standard InChI is InChI=1S/C15H18ClN3O/c1-20-5-4-19-10-15(9-17-19)18-14-7-11-2-3-13(16)6-12(11)8-14/h2-3,6,9-10,14,18H,4-5,7-8H2,1H3. The molecular formula is C15H18ClN3O. The summed E-state index contributed by atoms with van der Waals surface area (Å²) in [6, 6.07) is 6.58. The van der Waals surface area contributed by atoms with Crippen LogP contribution in [0.2, 0.25) is 5.02 Å². The molecule has 0 fully saturated rings. The topological polar surface area (TPSA) is 39.1 Å². The number of benzene rings is 1. The van der Waals surface area contributed by atoms with Crippen molar-refractivity contribution in [3.63, 3.8) is 0 Å². The summed E-state index contributed by atoms with van der Waals surface area (Å²) in [5.74, 6) is 0. The van der Waals surface area contributed by atoms with E-state index in [4.69, 9.17) is 16.3 Å². The van der Waals surface area contributed by atoms with Gasteiger partial charge in [0.25, 0.3) is 0 Å². The Balaban J connectivity index is 1.61. The molecule has 3 rings (SSSR count). The zero-order chi connectivity index (χ0) is 13.9. The number of methoxy groups -OCH3 is 1. The third-order valence-electron chi connectivity index (χ3n) is 3.63. The van der Waals surface area contributed by atoms with Crippen LogP contribution in [0.4, 0.5) is 5.69 Å². The van der Waals surface area contributed by atoms with Gasteiger partial charge in [0, 0.05) is 24.4 Å². The Morgan fingerprint density at radius 2 is 2.25 bits per heavy atom. The summed E-state index contributed by atoms with van der Waals surface area (Å²) in [5.41, 5.74) is 3.80. The van der Waals surface area contributed by atoms with Gasteiger partial charge in [-0.15, -0.1) is 0 Å². The lowest BCUT2D eigenvalue weighted by Gasteiger charge is -2.10. The number of fused-ring (bicyclic) bond motifs is 1. The van der Waals surface area contributed by atoms with Crippen molar-refractivity contribution in [1.82, 2.24) is 9.78 Å². The molecule has 0 amide bonds. The maximum atomic E-state index is 6.04. The first kappa shape index (κ1) is 13.5. The highest BCUT2D eigenvalue weighted by Crippen LogP contribution is 2.27. The summed E-state index contributed by atoms with van der Waals surface area (Å²) in [6.07, 6.45) is 5.94. The minimum atomic E-state index is 0.420. The molecule has 20 heavy (non-hydrogen) atoms. The fourth-order valence-corrected chi connectivity index (χ4v) is 2.86. The van der Waals surface area contributed by atoms with Crippen LogP contribution in [-0.2, 0) is 24.1 Å². The average molecular weight is 292 g/mol. The zero-order valence-electron chi connectivity index (χ0n) is 11.5. The lowest BCUT2D eigenvalue weighted by Crippen LogP contribution is -2.19. The van der Waals surface area contributed by atoms with Gasteiger partial charge in [-0.3, -0.25) is 4.68 Å². The van der Waals surface area contributed by atoms with E-state index in [1.165, 1.54) is 11.1 Å². The second-order valence-corrected chi connectivity index (χ2v) is 5.58. The van der Waals surface area contributed by atoms with Gasteiger partial charge < -0.3 is 10.1 Å². The van der Waals surface area contributed by atoms with Crippen molar-refractivity contribution >= 4 is 17.3 Å². The molecule has 1 aliphatic carbocycles. The number of rotatable bonds is 5. The highest BCUT2D eigenvalue weighted by Gasteiger charge is 2.21. The summed E-state index contributed by atoms with van der Waals surface area (Å²) in [5, 5.41) is 8.67. The molecule has 1 N–H and O–H groups in total. The highest BCUT2D eigenvalue weighted by molar-refractivity contribution is 6.30. The number of halogens is 1. The molecule has 1 heterocycles. The molecule has 0 radical (unpaired) electrons. The fraction of sp³-hybridized carbons (Fsp3) is 0.400. The molecule has 1 aliphatic rings. The fourth-order valence-electron chi connectivity index (χ4n) is 2.67. The lowest BCUT2D eigenvalue weighted by atomic mass is 10.1. The quantitative estimate of drug-likeness (QED) is 0.921. The summed E-state index contributed by atoms with van der Waals surface area (Å²) >= 11 is 6.04. The molecule has 1 aromatic heterocycles. The van der Waals surface area contributed by atoms with E-state index in [0.29, 0.717) is 12.6 Å².